The Labute approximate surface area is 110 Å². The Bertz CT molecular complexity index is 499. The fourth-order valence-electron chi connectivity index (χ4n) is 1.79. The first-order valence-corrected chi connectivity index (χ1v) is 6.03. The summed E-state index contributed by atoms with van der Waals surface area (Å²) in [5, 5.41) is 12.3. The van der Waals surface area contributed by atoms with E-state index in [1.54, 1.807) is 0 Å². The predicted octanol–water partition coefficient (Wildman–Crippen LogP) is 1.94. The van der Waals surface area contributed by atoms with E-state index in [-0.39, 0.29) is 6.42 Å². The van der Waals surface area contributed by atoms with Gasteiger partial charge in [0.1, 0.15) is 0 Å². The zero-order chi connectivity index (χ0) is 13.5. The minimum Gasteiger partial charge on any atom is -0.481 e. The van der Waals surface area contributed by atoms with E-state index in [0.717, 1.165) is 5.69 Å². The van der Waals surface area contributed by atoms with Crippen LogP contribution >= 0.6 is 0 Å². The van der Waals surface area contributed by atoms with Crippen molar-refractivity contribution in [1.82, 2.24) is 10.1 Å². The van der Waals surface area contributed by atoms with Gasteiger partial charge in [-0.15, -0.1) is 0 Å². The molecule has 1 aromatic heterocycles. The Morgan fingerprint density at radius 2 is 2.11 bits per heavy atom. The summed E-state index contributed by atoms with van der Waals surface area (Å²) >= 11 is 0. The zero-order valence-corrected chi connectivity index (χ0v) is 10.4. The van der Waals surface area contributed by atoms with Crippen molar-refractivity contribution in [2.75, 3.05) is 11.4 Å². The highest BCUT2D eigenvalue weighted by Gasteiger charge is 2.11. The van der Waals surface area contributed by atoms with Crippen LogP contribution in [-0.4, -0.2) is 27.8 Å². The zero-order valence-electron chi connectivity index (χ0n) is 10.4. The number of benzene rings is 1. The number of rotatable bonds is 7. The van der Waals surface area contributed by atoms with Crippen molar-refractivity contribution in [2.24, 2.45) is 0 Å². The van der Waals surface area contributed by atoms with Gasteiger partial charge in [0.05, 0.1) is 6.54 Å². The number of anilines is 1. The fourth-order valence-corrected chi connectivity index (χ4v) is 1.79. The molecule has 0 spiro atoms. The van der Waals surface area contributed by atoms with Gasteiger partial charge in [0.15, 0.2) is 6.33 Å². The highest BCUT2D eigenvalue weighted by molar-refractivity contribution is 5.66. The van der Waals surface area contributed by atoms with Crippen LogP contribution in [0, 0.1) is 0 Å². The molecule has 2 aromatic rings. The molecule has 1 heterocycles. The molecule has 1 aromatic carbocycles. The van der Waals surface area contributed by atoms with Gasteiger partial charge in [-0.05, 0) is 18.6 Å². The van der Waals surface area contributed by atoms with Gasteiger partial charge in [-0.25, -0.2) is 0 Å². The lowest BCUT2D eigenvalue weighted by molar-refractivity contribution is -0.137. The number of carbonyl (C=O) groups is 1. The third kappa shape index (κ3) is 4.09. The number of carboxylic acids is 1. The van der Waals surface area contributed by atoms with Crippen molar-refractivity contribution < 1.29 is 14.4 Å². The lowest BCUT2D eigenvalue weighted by Crippen LogP contribution is -2.24. The number of para-hydroxylation sites is 1. The SMILES string of the molecule is O=C(O)CCCN(Cc1ncno1)c1ccccc1. The van der Waals surface area contributed by atoms with Gasteiger partial charge in [-0.3, -0.25) is 4.79 Å². The Kier molecular flexibility index (Phi) is 4.49. The van der Waals surface area contributed by atoms with Crippen LogP contribution in [0.15, 0.2) is 41.2 Å². The van der Waals surface area contributed by atoms with E-state index < -0.39 is 5.97 Å². The Balaban J connectivity index is 2.02. The number of carboxylic acid groups (broad SMARTS) is 1. The summed E-state index contributed by atoms with van der Waals surface area (Å²) in [6.45, 7) is 1.10. The molecule has 0 aliphatic rings. The van der Waals surface area contributed by atoms with Gasteiger partial charge in [0.2, 0.25) is 5.89 Å². The number of hydrogen-bond acceptors (Lipinski definition) is 5. The molecule has 1 N–H and O–H groups in total. The fraction of sp³-hybridized carbons (Fsp3) is 0.308. The van der Waals surface area contributed by atoms with E-state index in [9.17, 15) is 4.79 Å². The van der Waals surface area contributed by atoms with Crippen LogP contribution in [0.1, 0.15) is 18.7 Å². The van der Waals surface area contributed by atoms with Gasteiger partial charge in [-0.2, -0.15) is 4.98 Å². The quantitative estimate of drug-likeness (QED) is 0.820. The molecule has 0 bridgehead atoms. The summed E-state index contributed by atoms with van der Waals surface area (Å²) in [6.07, 6.45) is 2.07. The summed E-state index contributed by atoms with van der Waals surface area (Å²) < 4.78 is 4.99. The molecule has 0 fully saturated rings. The van der Waals surface area contributed by atoms with Crippen LogP contribution in [-0.2, 0) is 11.3 Å². The molecule has 0 unspecified atom stereocenters. The molecular weight excluding hydrogens is 246 g/mol. The summed E-state index contributed by atoms with van der Waals surface area (Å²) in [4.78, 5) is 16.6. The van der Waals surface area contributed by atoms with Crippen LogP contribution in [0.5, 0.6) is 0 Å². The smallest absolute Gasteiger partial charge is 0.303 e. The van der Waals surface area contributed by atoms with Crippen LogP contribution in [0.4, 0.5) is 5.69 Å². The van der Waals surface area contributed by atoms with E-state index >= 15 is 0 Å². The van der Waals surface area contributed by atoms with E-state index in [4.69, 9.17) is 9.63 Å². The summed E-state index contributed by atoms with van der Waals surface area (Å²) in [5.41, 5.74) is 1.01. The van der Waals surface area contributed by atoms with E-state index in [2.05, 4.69) is 10.1 Å². The minimum absolute atomic E-state index is 0.146. The van der Waals surface area contributed by atoms with Crippen molar-refractivity contribution in [3.8, 4) is 0 Å². The second-order valence-electron chi connectivity index (χ2n) is 4.09. The van der Waals surface area contributed by atoms with Gasteiger partial charge in [0, 0.05) is 18.7 Å². The minimum atomic E-state index is -0.786. The molecule has 0 radical (unpaired) electrons. The average Bonchev–Trinajstić information content (AvgIpc) is 2.91. The highest BCUT2D eigenvalue weighted by Crippen LogP contribution is 2.16. The number of nitrogens with zero attached hydrogens (tertiary/aromatic N) is 3. The Morgan fingerprint density at radius 1 is 1.32 bits per heavy atom. The molecule has 19 heavy (non-hydrogen) atoms. The molecular formula is C13H15N3O3. The first-order chi connectivity index (χ1) is 9.25. The second kappa shape index (κ2) is 6.53. The molecule has 0 atom stereocenters. The number of aliphatic carboxylic acids is 1. The molecule has 0 saturated heterocycles. The van der Waals surface area contributed by atoms with Crippen molar-refractivity contribution in [3.05, 3.63) is 42.5 Å². The third-order valence-electron chi connectivity index (χ3n) is 2.67. The van der Waals surface area contributed by atoms with E-state index in [1.165, 1.54) is 6.33 Å². The topological polar surface area (TPSA) is 79.5 Å². The van der Waals surface area contributed by atoms with Crippen LogP contribution in [0.3, 0.4) is 0 Å². The normalized spacial score (nSPS) is 10.3. The molecule has 6 nitrogen and oxygen atoms in total. The molecule has 0 aliphatic heterocycles. The molecule has 6 heteroatoms. The summed E-state index contributed by atoms with van der Waals surface area (Å²) in [6, 6.07) is 9.75. The summed E-state index contributed by atoms with van der Waals surface area (Å²) in [7, 11) is 0. The van der Waals surface area contributed by atoms with Crippen LogP contribution < -0.4 is 4.90 Å². The van der Waals surface area contributed by atoms with Crippen molar-refractivity contribution in [1.29, 1.82) is 0 Å². The highest BCUT2D eigenvalue weighted by atomic mass is 16.5. The third-order valence-corrected chi connectivity index (χ3v) is 2.67. The Hall–Kier alpha value is -2.37. The standard InChI is InChI=1S/C13H15N3O3/c17-13(18)7-4-8-16(9-12-14-10-15-19-12)11-5-2-1-3-6-11/h1-3,5-6,10H,4,7-9H2,(H,17,18). The van der Waals surface area contributed by atoms with Crippen LogP contribution in [0.2, 0.25) is 0 Å². The average molecular weight is 261 g/mol. The monoisotopic (exact) mass is 261 g/mol. The van der Waals surface area contributed by atoms with Gasteiger partial charge in [-0.1, -0.05) is 23.4 Å². The Morgan fingerprint density at radius 3 is 2.74 bits per heavy atom. The van der Waals surface area contributed by atoms with Gasteiger partial charge in [0.25, 0.3) is 0 Å². The summed E-state index contributed by atoms with van der Waals surface area (Å²) in [5.74, 6) is -0.273. The van der Waals surface area contributed by atoms with Crippen molar-refractivity contribution in [3.63, 3.8) is 0 Å². The largest absolute Gasteiger partial charge is 0.481 e. The maximum Gasteiger partial charge on any atom is 0.303 e. The van der Waals surface area contributed by atoms with Crippen molar-refractivity contribution >= 4 is 11.7 Å². The molecule has 0 aliphatic carbocycles. The maximum absolute atomic E-state index is 10.6. The number of aromatic nitrogens is 2. The second-order valence-corrected chi connectivity index (χ2v) is 4.09. The molecule has 2 rings (SSSR count). The maximum atomic E-state index is 10.6. The van der Waals surface area contributed by atoms with Crippen molar-refractivity contribution in [2.45, 2.75) is 19.4 Å². The van der Waals surface area contributed by atoms with Gasteiger partial charge >= 0.3 is 5.97 Å². The van der Waals surface area contributed by atoms with Gasteiger partial charge < -0.3 is 14.5 Å². The lowest BCUT2D eigenvalue weighted by Gasteiger charge is -2.22. The predicted molar refractivity (Wildman–Crippen MR) is 68.7 cm³/mol. The van der Waals surface area contributed by atoms with E-state index in [0.29, 0.717) is 25.4 Å². The number of hydrogen-bond donors (Lipinski definition) is 1. The molecule has 100 valence electrons. The molecule has 0 amide bonds. The first kappa shape index (κ1) is 13.1. The van der Waals surface area contributed by atoms with E-state index in [1.807, 2.05) is 35.2 Å². The first-order valence-electron chi connectivity index (χ1n) is 6.03. The lowest BCUT2D eigenvalue weighted by atomic mass is 10.2. The van der Waals surface area contributed by atoms with Crippen LogP contribution in [0.25, 0.3) is 0 Å². The molecule has 0 saturated carbocycles.